The summed E-state index contributed by atoms with van der Waals surface area (Å²) in [6, 6.07) is 52.7. The first kappa shape index (κ1) is 28.7. The minimum Gasteiger partial charge on any atom is -0.0622 e. The van der Waals surface area contributed by atoms with Crippen LogP contribution in [0.15, 0.2) is 172 Å². The van der Waals surface area contributed by atoms with Gasteiger partial charge in [0, 0.05) is 0 Å². The number of aryl methyl sites for hydroxylation is 2. The summed E-state index contributed by atoms with van der Waals surface area (Å²) in [6.45, 7) is 0. The van der Waals surface area contributed by atoms with E-state index >= 15 is 0 Å². The largest absolute Gasteiger partial charge is 0.0622 e. The molecule has 7 rings (SSSR count). The molecule has 0 bridgehead atoms. The Kier molecular flexibility index (Phi) is 10.0. The maximum absolute atomic E-state index is 2.53. The van der Waals surface area contributed by atoms with E-state index in [0.29, 0.717) is 3.67 Å². The average Bonchev–Trinajstić information content (AvgIpc) is 3.71. The minimum atomic E-state index is -1.00. The van der Waals surface area contributed by atoms with Gasteiger partial charge in [-0.2, -0.15) is 0 Å². The third kappa shape index (κ3) is 7.33. The zero-order valence-corrected chi connectivity index (χ0v) is 28.3. The second-order valence-corrected chi connectivity index (χ2v) is 18.2. The molecule has 0 aliphatic heterocycles. The summed E-state index contributed by atoms with van der Waals surface area (Å²) in [7, 11) is -0.496. The fraction of sp³-hybridized carbons (Fsp3) is 0.100. The fourth-order valence-corrected chi connectivity index (χ4v) is 15.2. The van der Waals surface area contributed by atoms with Crippen LogP contribution in [-0.2, 0) is 35.7 Å². The van der Waals surface area contributed by atoms with E-state index in [0.717, 1.165) is 12.8 Å². The third-order valence-corrected chi connectivity index (χ3v) is 17.0. The van der Waals surface area contributed by atoms with E-state index in [9.17, 15) is 0 Å². The summed E-state index contributed by atoms with van der Waals surface area (Å²) in [4.78, 5) is 0. The summed E-state index contributed by atoms with van der Waals surface area (Å²) in [6.07, 6.45) is 12.9. The van der Waals surface area contributed by atoms with Gasteiger partial charge < -0.3 is 0 Å². The van der Waals surface area contributed by atoms with E-state index in [-0.39, 0.29) is 0 Å². The second kappa shape index (κ2) is 14.7. The van der Waals surface area contributed by atoms with Crippen LogP contribution in [0.1, 0.15) is 32.3 Å². The molecule has 2 aliphatic rings. The summed E-state index contributed by atoms with van der Waals surface area (Å²) in [5.74, 6) is 0. The normalized spacial score (nSPS) is 14.9. The van der Waals surface area contributed by atoms with Gasteiger partial charge in [-0.15, -0.1) is 0 Å². The molecule has 0 fully saturated rings. The molecule has 0 saturated carbocycles. The fourth-order valence-electron chi connectivity index (χ4n) is 5.57. The molecule has 0 radical (unpaired) electrons. The van der Waals surface area contributed by atoms with Crippen molar-refractivity contribution in [3.63, 3.8) is 0 Å². The van der Waals surface area contributed by atoms with Gasteiger partial charge in [0.05, 0.1) is 0 Å². The van der Waals surface area contributed by atoms with Gasteiger partial charge in [0.15, 0.2) is 0 Å². The average molecular weight is 725 g/mol. The smallest absolute Gasteiger partial charge is 0.0238 e. The Morgan fingerprint density at radius 1 is 0.571 bits per heavy atom. The molecule has 0 saturated heterocycles. The number of rotatable bonds is 8. The van der Waals surface area contributed by atoms with Crippen molar-refractivity contribution >= 4 is 24.6 Å². The van der Waals surface area contributed by atoms with Crippen molar-refractivity contribution in [1.29, 1.82) is 0 Å². The van der Waals surface area contributed by atoms with Gasteiger partial charge in [-0.1, -0.05) is 60.7 Å². The van der Waals surface area contributed by atoms with Crippen LogP contribution >= 0.6 is 7.92 Å². The summed E-state index contributed by atoms with van der Waals surface area (Å²) in [5.41, 5.74) is 5.85. The van der Waals surface area contributed by atoms with E-state index in [1.807, 2.05) is 0 Å². The molecule has 0 aromatic heterocycles. The van der Waals surface area contributed by atoms with Crippen molar-refractivity contribution in [3.05, 3.63) is 195 Å². The van der Waals surface area contributed by atoms with Crippen LogP contribution in [0.3, 0.4) is 0 Å². The monoisotopic (exact) mass is 726 g/mol. The van der Waals surface area contributed by atoms with Crippen LogP contribution in [0.25, 0.3) is 6.08 Å². The van der Waals surface area contributed by atoms with Crippen molar-refractivity contribution in [2.45, 2.75) is 22.9 Å². The molecule has 5 aromatic rings. The predicted molar refractivity (Wildman–Crippen MR) is 178 cm³/mol. The van der Waals surface area contributed by atoms with E-state index in [4.69, 9.17) is 0 Å². The molecule has 1 atom stereocenters. The van der Waals surface area contributed by atoms with Crippen LogP contribution < -0.4 is 10.6 Å². The van der Waals surface area contributed by atoms with Crippen LogP contribution in [0.4, 0.5) is 0 Å². The number of fused-ring (bicyclic) bond motifs is 1. The van der Waals surface area contributed by atoms with E-state index < -0.39 is 30.8 Å². The van der Waals surface area contributed by atoms with Crippen molar-refractivity contribution in [2.75, 3.05) is 0 Å². The van der Waals surface area contributed by atoms with Crippen molar-refractivity contribution in [3.8, 4) is 0 Å². The molecule has 0 heterocycles. The van der Waals surface area contributed by atoms with Gasteiger partial charge in [-0.05, 0) is 24.0 Å². The van der Waals surface area contributed by atoms with Gasteiger partial charge >= 0.3 is 181 Å². The Bertz CT molecular complexity index is 1580. The zero-order valence-electron chi connectivity index (χ0n) is 23.8. The summed E-state index contributed by atoms with van der Waals surface area (Å²) < 4.78 is 2.40. The van der Waals surface area contributed by atoms with Crippen LogP contribution in [0, 0.1) is 0 Å². The maximum Gasteiger partial charge on any atom is -0.0238 e. The molecule has 42 heavy (non-hydrogen) atoms. The van der Waals surface area contributed by atoms with Gasteiger partial charge in [-0.3, -0.25) is 0 Å². The van der Waals surface area contributed by atoms with Gasteiger partial charge in [-0.25, -0.2) is 0 Å². The third-order valence-electron chi connectivity index (χ3n) is 7.68. The molecule has 204 valence electrons. The van der Waals surface area contributed by atoms with Crippen LogP contribution in [0.2, 0.25) is 0 Å². The Balaban J connectivity index is 0.000000189. The quantitative estimate of drug-likeness (QED) is 0.111. The Labute approximate surface area is 263 Å². The molecule has 0 nitrogen and oxygen atoms in total. The van der Waals surface area contributed by atoms with Crippen LogP contribution in [-0.4, -0.2) is 0 Å². The first-order valence-corrected chi connectivity index (χ1v) is 20.0. The molecule has 0 N–H and O–H groups in total. The molecule has 5 aromatic carbocycles. The maximum atomic E-state index is 2.53. The summed E-state index contributed by atoms with van der Waals surface area (Å²) in [5, 5.41) is 4.61. The number of allylic oxidation sites excluding steroid dienone is 5. The Morgan fingerprint density at radius 2 is 1.07 bits per heavy atom. The first-order chi connectivity index (χ1) is 20.8. The van der Waals surface area contributed by atoms with Crippen LogP contribution in [0.5, 0.6) is 0 Å². The van der Waals surface area contributed by atoms with Crippen molar-refractivity contribution in [1.82, 2.24) is 0 Å². The van der Waals surface area contributed by atoms with E-state index in [1.54, 1.807) is 14.2 Å². The molecule has 2 aliphatic carbocycles. The number of benzene rings is 5. The predicted octanol–water partition coefficient (Wildman–Crippen LogP) is 9.61. The molecule has 2 heteroatoms. The summed E-state index contributed by atoms with van der Waals surface area (Å²) >= 11 is -1.00. The van der Waals surface area contributed by atoms with Gasteiger partial charge in [0.2, 0.25) is 0 Å². The van der Waals surface area contributed by atoms with Gasteiger partial charge in [0.1, 0.15) is 0 Å². The molecular formula is C40H35HfP. The number of hydrogen-bond acceptors (Lipinski definition) is 0. The van der Waals surface area contributed by atoms with Crippen molar-refractivity contribution < 1.29 is 22.9 Å². The zero-order chi connectivity index (χ0) is 28.4. The van der Waals surface area contributed by atoms with Gasteiger partial charge in [0.25, 0.3) is 0 Å². The Hall–Kier alpha value is -3.38. The topological polar surface area (TPSA) is 0 Å². The SMILES string of the molecule is C1=CC[C]([Hf][CH]2C(P(c3ccccc3)c3ccccc3)=Cc3ccccc32)=C1.c1ccc(CCc2ccccc2)cc1. The standard InChI is InChI=1S/C21H16P.C14H14.C5H5.Hf/c1-3-11-19(12-4-1)22(20-13-5-2-6-14-20)21-15-17-9-7-8-10-18(17)16-21;1-3-7-13(8-4-1)11-12-14-9-5-2-6-10-14;1-2-4-5-3-1;/h1-16H;1-10H,11-12H2;1-3H,4H2;. The molecular weight excluding hydrogens is 690 g/mol. The Morgan fingerprint density at radius 3 is 1.60 bits per heavy atom. The van der Waals surface area contributed by atoms with E-state index in [1.165, 1.54) is 33.7 Å². The molecule has 1 unspecified atom stereocenters. The van der Waals surface area contributed by atoms with E-state index in [2.05, 4.69) is 170 Å². The second-order valence-electron chi connectivity index (χ2n) is 10.6. The first-order valence-electron chi connectivity index (χ1n) is 14.8. The van der Waals surface area contributed by atoms with Crippen molar-refractivity contribution in [2.24, 2.45) is 0 Å². The number of hydrogen-bond donors (Lipinski definition) is 0. The molecule has 0 amide bonds. The molecule has 0 spiro atoms. The minimum absolute atomic E-state index is 0.496.